The number of ether oxygens (including phenoxy) is 2. The minimum absolute atomic E-state index is 0.0316. The molecule has 0 atom stereocenters. The van der Waals surface area contributed by atoms with Gasteiger partial charge in [-0.15, -0.1) is 10.2 Å². The number of rotatable bonds is 6. The van der Waals surface area contributed by atoms with E-state index in [-0.39, 0.29) is 24.5 Å². The van der Waals surface area contributed by atoms with Gasteiger partial charge in [0.15, 0.2) is 11.5 Å². The summed E-state index contributed by atoms with van der Waals surface area (Å²) in [7, 11) is 0. The molecule has 0 spiro atoms. The monoisotopic (exact) mass is 448 g/mol. The summed E-state index contributed by atoms with van der Waals surface area (Å²) in [5.41, 5.74) is 1.53. The first-order valence-electron chi connectivity index (χ1n) is 11.0. The maximum atomic E-state index is 12.7. The van der Waals surface area contributed by atoms with Crippen LogP contribution in [0, 0.1) is 5.92 Å². The lowest BCUT2D eigenvalue weighted by molar-refractivity contribution is -0.134. The van der Waals surface area contributed by atoms with Gasteiger partial charge in [-0.25, -0.2) is 0 Å². The van der Waals surface area contributed by atoms with E-state index < -0.39 is 0 Å². The van der Waals surface area contributed by atoms with Crippen molar-refractivity contribution in [2.75, 3.05) is 25.2 Å². The van der Waals surface area contributed by atoms with Crippen LogP contribution in [-0.2, 0) is 16.0 Å². The highest BCUT2D eigenvalue weighted by Gasteiger charge is 2.28. The van der Waals surface area contributed by atoms with Gasteiger partial charge in [0.1, 0.15) is 0 Å². The summed E-state index contributed by atoms with van der Waals surface area (Å²) in [6.45, 7) is 1.30. The third-order valence-electron chi connectivity index (χ3n) is 5.90. The van der Waals surface area contributed by atoms with Gasteiger partial charge in [0.25, 0.3) is 0 Å². The van der Waals surface area contributed by atoms with Crippen LogP contribution in [-0.4, -0.2) is 46.8 Å². The minimum Gasteiger partial charge on any atom is -0.454 e. The Bertz CT molecular complexity index is 1140. The molecule has 2 amide bonds. The molecule has 1 N–H and O–H groups in total. The molecule has 2 aliphatic heterocycles. The molecular formula is C24H24N4O5. The number of nitrogens with one attached hydrogen (secondary N) is 1. The second-order valence-electron chi connectivity index (χ2n) is 8.08. The van der Waals surface area contributed by atoms with Gasteiger partial charge in [-0.1, -0.05) is 18.2 Å². The van der Waals surface area contributed by atoms with Crippen LogP contribution in [0.3, 0.4) is 0 Å². The van der Waals surface area contributed by atoms with E-state index in [9.17, 15) is 9.59 Å². The van der Waals surface area contributed by atoms with Crippen molar-refractivity contribution in [3.05, 3.63) is 54.4 Å². The fraction of sp³-hybridized carbons (Fsp3) is 0.333. The smallest absolute Gasteiger partial charge is 0.247 e. The molecule has 1 fully saturated rings. The molecule has 3 aromatic rings. The Morgan fingerprint density at radius 2 is 1.79 bits per heavy atom. The average molecular weight is 448 g/mol. The Morgan fingerprint density at radius 3 is 2.61 bits per heavy atom. The molecule has 1 aromatic heterocycles. The van der Waals surface area contributed by atoms with E-state index in [4.69, 9.17) is 13.9 Å². The summed E-state index contributed by atoms with van der Waals surface area (Å²) in [5, 5.41) is 11.1. The Balaban J connectivity index is 1.08. The summed E-state index contributed by atoms with van der Waals surface area (Å²) in [5.74, 6) is 2.06. The van der Waals surface area contributed by atoms with E-state index >= 15 is 0 Å². The molecule has 0 aliphatic carbocycles. The molecule has 5 rings (SSSR count). The maximum Gasteiger partial charge on any atom is 0.247 e. The Hall–Kier alpha value is -3.88. The van der Waals surface area contributed by atoms with Crippen LogP contribution in [0.4, 0.5) is 5.69 Å². The topological polar surface area (TPSA) is 107 Å². The average Bonchev–Trinajstić information content (AvgIpc) is 3.52. The Kier molecular flexibility index (Phi) is 5.93. The number of hydrogen-bond acceptors (Lipinski definition) is 7. The van der Waals surface area contributed by atoms with Gasteiger partial charge in [0.2, 0.25) is 30.4 Å². The highest BCUT2D eigenvalue weighted by molar-refractivity contribution is 5.93. The number of aryl methyl sites for hydroxylation is 1. The predicted octanol–water partition coefficient (Wildman–Crippen LogP) is 3.28. The van der Waals surface area contributed by atoms with E-state index in [0.717, 1.165) is 5.56 Å². The molecule has 3 heterocycles. The summed E-state index contributed by atoms with van der Waals surface area (Å²) >= 11 is 0. The largest absolute Gasteiger partial charge is 0.454 e. The number of hydrogen-bond donors (Lipinski definition) is 1. The molecule has 0 bridgehead atoms. The number of nitrogens with zero attached hydrogens (tertiary/aromatic N) is 3. The first-order valence-corrected chi connectivity index (χ1v) is 11.0. The Labute approximate surface area is 190 Å². The lowest BCUT2D eigenvalue weighted by atomic mass is 9.95. The van der Waals surface area contributed by atoms with Crippen molar-refractivity contribution < 1.29 is 23.5 Å². The van der Waals surface area contributed by atoms with Crippen LogP contribution >= 0.6 is 0 Å². The molecule has 0 saturated carbocycles. The van der Waals surface area contributed by atoms with Gasteiger partial charge in [0.05, 0.1) is 0 Å². The van der Waals surface area contributed by atoms with Crippen LogP contribution in [0.1, 0.15) is 25.2 Å². The molecular weight excluding hydrogens is 424 g/mol. The zero-order valence-corrected chi connectivity index (χ0v) is 18.0. The third kappa shape index (κ3) is 4.82. The number of carbonyl (C=O) groups excluding carboxylic acids is 2. The van der Waals surface area contributed by atoms with E-state index in [1.807, 2.05) is 30.3 Å². The third-order valence-corrected chi connectivity index (χ3v) is 5.90. The van der Waals surface area contributed by atoms with Crippen molar-refractivity contribution >= 4 is 17.5 Å². The number of fused-ring (bicyclic) bond motifs is 1. The van der Waals surface area contributed by atoms with Crippen molar-refractivity contribution in [3.8, 4) is 23.0 Å². The molecule has 0 unspecified atom stereocenters. The summed E-state index contributed by atoms with van der Waals surface area (Å²) < 4.78 is 16.3. The lowest BCUT2D eigenvalue weighted by Gasteiger charge is -2.31. The fourth-order valence-electron chi connectivity index (χ4n) is 4.03. The number of carbonyl (C=O) groups is 2. The summed E-state index contributed by atoms with van der Waals surface area (Å²) in [4.78, 5) is 27.1. The number of anilines is 1. The van der Waals surface area contributed by atoms with E-state index in [1.165, 1.54) is 0 Å². The number of benzene rings is 2. The zero-order chi connectivity index (χ0) is 22.6. The van der Waals surface area contributed by atoms with Crippen LogP contribution in [0.15, 0.2) is 52.9 Å². The first kappa shape index (κ1) is 21.0. The first-order chi connectivity index (χ1) is 16.2. The second-order valence-corrected chi connectivity index (χ2v) is 8.08. The van der Waals surface area contributed by atoms with Crippen molar-refractivity contribution in [1.29, 1.82) is 0 Å². The zero-order valence-electron chi connectivity index (χ0n) is 18.0. The number of aromatic nitrogens is 2. The van der Waals surface area contributed by atoms with Crippen LogP contribution < -0.4 is 14.8 Å². The summed E-state index contributed by atoms with van der Waals surface area (Å²) in [6.07, 6.45) is 1.94. The second kappa shape index (κ2) is 9.32. The van der Waals surface area contributed by atoms with Crippen molar-refractivity contribution in [1.82, 2.24) is 15.1 Å². The van der Waals surface area contributed by atoms with Crippen LogP contribution in [0.2, 0.25) is 0 Å². The molecule has 33 heavy (non-hydrogen) atoms. The number of piperidine rings is 1. The molecule has 170 valence electrons. The van der Waals surface area contributed by atoms with Gasteiger partial charge in [-0.2, -0.15) is 0 Å². The van der Waals surface area contributed by atoms with Gasteiger partial charge in [-0.3, -0.25) is 9.59 Å². The molecule has 0 radical (unpaired) electrons. The van der Waals surface area contributed by atoms with Gasteiger partial charge in [0, 0.05) is 49.2 Å². The van der Waals surface area contributed by atoms with E-state index in [0.29, 0.717) is 67.7 Å². The van der Waals surface area contributed by atoms with Crippen LogP contribution in [0.5, 0.6) is 11.5 Å². The van der Waals surface area contributed by atoms with Gasteiger partial charge < -0.3 is 24.1 Å². The molecule has 9 nitrogen and oxygen atoms in total. The van der Waals surface area contributed by atoms with Gasteiger partial charge in [-0.05, 0) is 37.1 Å². The number of likely N-dealkylation sites (tertiary alicyclic amines) is 1. The Morgan fingerprint density at radius 1 is 1.00 bits per heavy atom. The highest BCUT2D eigenvalue weighted by Crippen LogP contribution is 2.34. The van der Waals surface area contributed by atoms with E-state index in [2.05, 4.69) is 15.5 Å². The lowest BCUT2D eigenvalue weighted by Crippen LogP contribution is -2.41. The van der Waals surface area contributed by atoms with Gasteiger partial charge >= 0.3 is 0 Å². The molecule has 9 heteroatoms. The molecule has 2 aromatic carbocycles. The predicted molar refractivity (Wildman–Crippen MR) is 119 cm³/mol. The van der Waals surface area contributed by atoms with Crippen molar-refractivity contribution in [3.63, 3.8) is 0 Å². The molecule has 2 aliphatic rings. The van der Waals surface area contributed by atoms with Crippen LogP contribution in [0.25, 0.3) is 11.5 Å². The maximum absolute atomic E-state index is 12.7. The number of amides is 2. The SMILES string of the molecule is O=C(Nc1ccc2c(c1)OCO2)C1CCN(C(=O)CCc2nnc(-c3ccccc3)o2)CC1. The quantitative estimate of drug-likeness (QED) is 0.617. The fourth-order valence-corrected chi connectivity index (χ4v) is 4.03. The molecule has 1 saturated heterocycles. The highest BCUT2D eigenvalue weighted by atomic mass is 16.7. The normalized spacial score (nSPS) is 15.5. The standard InChI is InChI=1S/C24H24N4O5/c29-22(9-8-21-26-27-24(33-21)17-4-2-1-3-5-17)28-12-10-16(11-13-28)23(30)25-18-6-7-19-20(14-18)32-15-31-19/h1-7,14,16H,8-13,15H2,(H,25,30). The van der Waals surface area contributed by atoms with E-state index in [1.54, 1.807) is 23.1 Å². The van der Waals surface area contributed by atoms with Crippen molar-refractivity contribution in [2.45, 2.75) is 25.7 Å². The summed E-state index contributed by atoms with van der Waals surface area (Å²) in [6, 6.07) is 14.9. The minimum atomic E-state index is -0.135. The van der Waals surface area contributed by atoms with Crippen molar-refractivity contribution in [2.24, 2.45) is 5.92 Å².